The maximum atomic E-state index is 13.5. The Morgan fingerprint density at radius 3 is 2.73 bits per heavy atom. The molecule has 0 aromatic heterocycles. The fourth-order valence-corrected chi connectivity index (χ4v) is 5.22. The fraction of sp³-hybridized carbons (Fsp3) is 0.464. The monoisotopic (exact) mass is 445 g/mol. The van der Waals surface area contributed by atoms with Gasteiger partial charge in [0.15, 0.2) is 0 Å². The van der Waals surface area contributed by atoms with Crippen molar-refractivity contribution in [1.82, 2.24) is 10.2 Å². The molecule has 1 saturated heterocycles. The number of hydrogen-bond donors (Lipinski definition) is 1. The molecular weight excluding hydrogens is 410 g/mol. The highest BCUT2D eigenvalue weighted by Gasteiger charge is 2.48. The minimum absolute atomic E-state index is 0.0156. The van der Waals surface area contributed by atoms with Crippen molar-refractivity contribution in [2.24, 2.45) is 0 Å². The molecule has 1 saturated carbocycles. The first-order valence-electron chi connectivity index (χ1n) is 12.2. The molecule has 5 nitrogen and oxygen atoms in total. The molecule has 0 unspecified atom stereocenters. The van der Waals surface area contributed by atoms with E-state index in [9.17, 15) is 4.79 Å². The predicted octanol–water partition coefficient (Wildman–Crippen LogP) is 4.52. The van der Waals surface area contributed by atoms with Gasteiger partial charge in [0.1, 0.15) is 12.4 Å². The molecule has 1 N–H and O–H groups in total. The summed E-state index contributed by atoms with van der Waals surface area (Å²) in [6.45, 7) is 8.85. The third kappa shape index (κ3) is 4.15. The minimum atomic E-state index is -0.281. The average molecular weight is 446 g/mol. The molecule has 33 heavy (non-hydrogen) atoms. The summed E-state index contributed by atoms with van der Waals surface area (Å²) in [5.74, 6) is 0.752. The van der Waals surface area contributed by atoms with Gasteiger partial charge in [-0.05, 0) is 99.1 Å². The van der Waals surface area contributed by atoms with E-state index < -0.39 is 0 Å². The lowest BCUT2D eigenvalue weighted by molar-refractivity contribution is 0.0767. The van der Waals surface area contributed by atoms with Gasteiger partial charge >= 0.3 is 0 Å². The number of rotatable bonds is 7. The maximum Gasteiger partial charge on any atom is 0.252 e. The second-order valence-corrected chi connectivity index (χ2v) is 10.0. The van der Waals surface area contributed by atoms with Crippen LogP contribution < -0.4 is 15.0 Å². The van der Waals surface area contributed by atoms with Gasteiger partial charge in [-0.1, -0.05) is 18.7 Å². The Labute approximate surface area is 197 Å². The standard InChI is InChI=1S/C28H35N3O2/c1-5-20-15-25(23-7-6-13-31(4)26(23)16-20)28(11-12-28)29-27(32)24-17-22(9-8-19(24)2)33-18-21-10-14-30(21)3/h5,8-9,15-17,21H,1,6-7,10-14,18H2,2-4H3,(H,29,32)/t21-/m0/s1. The van der Waals surface area contributed by atoms with E-state index in [2.05, 4.69) is 47.9 Å². The maximum absolute atomic E-state index is 13.5. The zero-order valence-electron chi connectivity index (χ0n) is 20.1. The number of ether oxygens (including phenoxy) is 1. The summed E-state index contributed by atoms with van der Waals surface area (Å²) in [6.07, 6.45) is 7.22. The van der Waals surface area contributed by atoms with Crippen LogP contribution in [0.25, 0.3) is 6.08 Å². The molecule has 1 aliphatic carbocycles. The molecule has 174 valence electrons. The summed E-state index contributed by atoms with van der Waals surface area (Å²) < 4.78 is 6.03. The van der Waals surface area contributed by atoms with Gasteiger partial charge in [0.2, 0.25) is 0 Å². The molecule has 5 rings (SSSR count). The van der Waals surface area contributed by atoms with E-state index in [1.807, 2.05) is 31.2 Å². The largest absolute Gasteiger partial charge is 0.492 e. The number of likely N-dealkylation sites (tertiary alicyclic amines) is 1. The van der Waals surface area contributed by atoms with E-state index in [-0.39, 0.29) is 11.4 Å². The van der Waals surface area contributed by atoms with Crippen LogP contribution in [0, 0.1) is 6.92 Å². The first-order valence-corrected chi connectivity index (χ1v) is 12.2. The molecule has 2 aromatic rings. The number of aryl methyl sites for hydroxylation is 1. The number of fused-ring (bicyclic) bond motifs is 1. The molecule has 2 fully saturated rings. The van der Waals surface area contributed by atoms with E-state index in [0.29, 0.717) is 18.2 Å². The van der Waals surface area contributed by atoms with Crippen LogP contribution in [-0.4, -0.2) is 50.6 Å². The Hall–Kier alpha value is -2.79. The van der Waals surface area contributed by atoms with Crippen molar-refractivity contribution < 1.29 is 9.53 Å². The minimum Gasteiger partial charge on any atom is -0.492 e. The Morgan fingerprint density at radius 1 is 1.24 bits per heavy atom. The Morgan fingerprint density at radius 2 is 2.06 bits per heavy atom. The number of carbonyl (C=O) groups excluding carboxylic acids is 1. The van der Waals surface area contributed by atoms with E-state index in [1.165, 1.54) is 23.2 Å². The quantitative estimate of drug-likeness (QED) is 0.681. The van der Waals surface area contributed by atoms with E-state index in [1.54, 1.807) is 0 Å². The summed E-state index contributed by atoms with van der Waals surface area (Å²) in [5.41, 5.74) is 6.44. The van der Waals surface area contributed by atoms with Crippen LogP contribution in [0.15, 0.2) is 36.9 Å². The summed E-state index contributed by atoms with van der Waals surface area (Å²) in [7, 11) is 4.28. The first kappa shape index (κ1) is 22.0. The van der Waals surface area contributed by atoms with Crippen LogP contribution >= 0.6 is 0 Å². The van der Waals surface area contributed by atoms with Crippen LogP contribution in [0.1, 0.15) is 58.3 Å². The third-order valence-electron chi connectivity index (χ3n) is 7.77. The molecule has 0 spiro atoms. The normalized spacial score (nSPS) is 21.1. The number of likely N-dealkylation sites (N-methyl/N-ethyl adjacent to an activating group) is 1. The van der Waals surface area contributed by atoms with Gasteiger partial charge in [-0.3, -0.25) is 9.69 Å². The van der Waals surface area contributed by atoms with Crippen molar-refractivity contribution in [3.05, 3.63) is 64.7 Å². The van der Waals surface area contributed by atoms with Crippen molar-refractivity contribution >= 4 is 17.7 Å². The van der Waals surface area contributed by atoms with Crippen molar-refractivity contribution in [2.45, 2.75) is 50.6 Å². The number of nitrogens with one attached hydrogen (secondary N) is 1. The summed E-state index contributed by atoms with van der Waals surface area (Å²) in [5, 5.41) is 3.42. The SMILES string of the molecule is C=Cc1cc2c(c(C3(NC(=O)c4cc(OC[C@@H]5CCN5C)ccc4C)CC3)c1)CCCN2C. The van der Waals surface area contributed by atoms with E-state index in [4.69, 9.17) is 4.74 Å². The van der Waals surface area contributed by atoms with Gasteiger partial charge < -0.3 is 15.0 Å². The van der Waals surface area contributed by atoms with Gasteiger partial charge in [-0.15, -0.1) is 0 Å². The lowest BCUT2D eigenvalue weighted by Gasteiger charge is -2.37. The third-order valence-corrected chi connectivity index (χ3v) is 7.77. The van der Waals surface area contributed by atoms with Crippen molar-refractivity contribution in [1.29, 1.82) is 0 Å². The predicted molar refractivity (Wildman–Crippen MR) is 134 cm³/mol. The van der Waals surface area contributed by atoms with E-state index >= 15 is 0 Å². The van der Waals surface area contributed by atoms with Gasteiger partial charge in [0, 0.05) is 30.9 Å². The molecule has 5 heteroatoms. The van der Waals surface area contributed by atoms with Crippen LogP contribution in [0.5, 0.6) is 5.75 Å². The first-order chi connectivity index (χ1) is 15.9. The Bertz CT molecular complexity index is 1090. The molecule has 2 aromatic carbocycles. The van der Waals surface area contributed by atoms with Crippen LogP contribution in [0.3, 0.4) is 0 Å². The number of anilines is 1. The van der Waals surface area contributed by atoms with Gasteiger partial charge in [0.05, 0.1) is 5.54 Å². The summed E-state index contributed by atoms with van der Waals surface area (Å²) in [6, 6.07) is 10.8. The Balaban J connectivity index is 1.39. The zero-order chi connectivity index (χ0) is 23.2. The van der Waals surface area contributed by atoms with Crippen LogP contribution in [0.2, 0.25) is 0 Å². The number of nitrogens with zero attached hydrogens (tertiary/aromatic N) is 2. The Kier molecular flexibility index (Phi) is 5.69. The van der Waals surface area contributed by atoms with Gasteiger partial charge in [-0.2, -0.15) is 0 Å². The molecular formula is C28H35N3O2. The number of amides is 1. The lowest BCUT2D eigenvalue weighted by atomic mass is 9.88. The van der Waals surface area contributed by atoms with Gasteiger partial charge in [0.25, 0.3) is 5.91 Å². The highest BCUT2D eigenvalue weighted by atomic mass is 16.5. The second kappa shape index (κ2) is 8.53. The van der Waals surface area contributed by atoms with Crippen LogP contribution in [-0.2, 0) is 12.0 Å². The highest BCUT2D eigenvalue weighted by molar-refractivity contribution is 5.97. The molecule has 1 amide bonds. The van der Waals surface area contributed by atoms with Crippen molar-refractivity contribution in [3.63, 3.8) is 0 Å². The molecule has 1 atom stereocenters. The number of benzene rings is 2. The summed E-state index contributed by atoms with van der Waals surface area (Å²) in [4.78, 5) is 18.1. The molecule has 2 aliphatic heterocycles. The fourth-order valence-electron chi connectivity index (χ4n) is 5.22. The van der Waals surface area contributed by atoms with E-state index in [0.717, 1.165) is 55.6 Å². The second-order valence-electron chi connectivity index (χ2n) is 10.0. The number of carbonyl (C=O) groups is 1. The number of hydrogen-bond acceptors (Lipinski definition) is 4. The van der Waals surface area contributed by atoms with Crippen LogP contribution in [0.4, 0.5) is 5.69 Å². The molecule has 2 heterocycles. The summed E-state index contributed by atoms with van der Waals surface area (Å²) >= 11 is 0. The molecule has 3 aliphatic rings. The average Bonchev–Trinajstić information content (AvgIpc) is 3.59. The molecule has 0 bridgehead atoms. The topological polar surface area (TPSA) is 44.8 Å². The highest BCUT2D eigenvalue weighted by Crippen LogP contribution is 2.50. The molecule has 0 radical (unpaired) electrons. The van der Waals surface area contributed by atoms with Crippen molar-refractivity contribution in [3.8, 4) is 5.75 Å². The van der Waals surface area contributed by atoms with Crippen molar-refractivity contribution in [2.75, 3.05) is 38.7 Å². The zero-order valence-corrected chi connectivity index (χ0v) is 20.1. The lowest BCUT2D eigenvalue weighted by Crippen LogP contribution is -2.48. The smallest absolute Gasteiger partial charge is 0.252 e. The van der Waals surface area contributed by atoms with Gasteiger partial charge in [-0.25, -0.2) is 0 Å².